The minimum Gasteiger partial charge on any atom is -0.345 e. The van der Waals surface area contributed by atoms with Gasteiger partial charge in [-0.05, 0) is 20.3 Å². The van der Waals surface area contributed by atoms with E-state index in [9.17, 15) is 9.59 Å². The van der Waals surface area contributed by atoms with Crippen LogP contribution in [0.15, 0.2) is 0 Å². The van der Waals surface area contributed by atoms with E-state index in [0.717, 1.165) is 12.8 Å². The molecule has 80 valence electrons. The summed E-state index contributed by atoms with van der Waals surface area (Å²) < 4.78 is 0. The Morgan fingerprint density at radius 1 is 1.57 bits per heavy atom. The van der Waals surface area contributed by atoms with Crippen LogP contribution < -0.4 is 5.32 Å². The summed E-state index contributed by atoms with van der Waals surface area (Å²) in [7, 11) is 0. The molecular formula is C10H18N2O2. The van der Waals surface area contributed by atoms with Gasteiger partial charge in [0.25, 0.3) is 0 Å². The maximum absolute atomic E-state index is 11.6. The molecule has 4 heteroatoms. The zero-order valence-corrected chi connectivity index (χ0v) is 9.04. The van der Waals surface area contributed by atoms with E-state index in [2.05, 4.69) is 12.2 Å². The van der Waals surface area contributed by atoms with Crippen molar-refractivity contribution in [3.8, 4) is 0 Å². The molecule has 1 N–H and O–H groups in total. The fraction of sp³-hybridized carbons (Fsp3) is 0.800. The molecule has 0 aliphatic carbocycles. The van der Waals surface area contributed by atoms with Gasteiger partial charge in [0.05, 0.1) is 6.54 Å². The van der Waals surface area contributed by atoms with E-state index in [-0.39, 0.29) is 30.4 Å². The maximum Gasteiger partial charge on any atom is 0.242 e. The number of amides is 2. The van der Waals surface area contributed by atoms with Gasteiger partial charge in [0.1, 0.15) is 6.04 Å². The van der Waals surface area contributed by atoms with Crippen molar-refractivity contribution >= 4 is 11.8 Å². The van der Waals surface area contributed by atoms with E-state index in [4.69, 9.17) is 0 Å². The van der Waals surface area contributed by atoms with Crippen molar-refractivity contribution in [1.82, 2.24) is 10.2 Å². The summed E-state index contributed by atoms with van der Waals surface area (Å²) in [6.07, 6.45) is 1.97. The molecule has 1 saturated heterocycles. The van der Waals surface area contributed by atoms with Crippen molar-refractivity contribution < 1.29 is 9.59 Å². The molecule has 2 unspecified atom stereocenters. The van der Waals surface area contributed by atoms with Crippen molar-refractivity contribution in [2.24, 2.45) is 0 Å². The van der Waals surface area contributed by atoms with Crippen molar-refractivity contribution in [3.05, 3.63) is 0 Å². The molecule has 0 saturated carbocycles. The van der Waals surface area contributed by atoms with Crippen LogP contribution in [0.5, 0.6) is 0 Å². The van der Waals surface area contributed by atoms with E-state index in [0.29, 0.717) is 0 Å². The van der Waals surface area contributed by atoms with Gasteiger partial charge in [-0.2, -0.15) is 0 Å². The number of hydrogen-bond donors (Lipinski definition) is 1. The molecule has 1 aliphatic rings. The third-order valence-electron chi connectivity index (χ3n) is 2.68. The second-order valence-electron chi connectivity index (χ2n) is 3.83. The Labute approximate surface area is 84.7 Å². The van der Waals surface area contributed by atoms with E-state index >= 15 is 0 Å². The number of nitrogens with zero attached hydrogens (tertiary/aromatic N) is 1. The Hall–Kier alpha value is -1.06. The number of carbonyl (C=O) groups excluding carboxylic acids is 2. The first-order chi connectivity index (χ1) is 6.57. The fourth-order valence-corrected chi connectivity index (χ4v) is 1.93. The first-order valence-electron chi connectivity index (χ1n) is 5.16. The monoisotopic (exact) mass is 198 g/mol. The number of rotatable bonds is 3. The molecule has 1 rings (SSSR count). The summed E-state index contributed by atoms with van der Waals surface area (Å²) in [5.41, 5.74) is 0. The topological polar surface area (TPSA) is 49.4 Å². The zero-order valence-electron chi connectivity index (χ0n) is 9.04. The molecule has 0 aromatic heterocycles. The summed E-state index contributed by atoms with van der Waals surface area (Å²) in [4.78, 5) is 24.6. The predicted molar refractivity (Wildman–Crippen MR) is 53.7 cm³/mol. The molecule has 1 fully saturated rings. The molecule has 2 amide bonds. The molecule has 2 atom stereocenters. The van der Waals surface area contributed by atoms with Gasteiger partial charge in [0, 0.05) is 6.04 Å². The van der Waals surface area contributed by atoms with Crippen LogP contribution in [0, 0.1) is 0 Å². The van der Waals surface area contributed by atoms with E-state index in [1.165, 1.54) is 0 Å². The van der Waals surface area contributed by atoms with Gasteiger partial charge in [0.2, 0.25) is 11.8 Å². The van der Waals surface area contributed by atoms with Gasteiger partial charge >= 0.3 is 0 Å². The van der Waals surface area contributed by atoms with Crippen LogP contribution in [0.3, 0.4) is 0 Å². The SMILES string of the molecule is CCCC(C)N1C(=O)CNC(=O)C1C. The van der Waals surface area contributed by atoms with E-state index in [1.54, 1.807) is 11.8 Å². The van der Waals surface area contributed by atoms with Gasteiger partial charge in [-0.1, -0.05) is 13.3 Å². The van der Waals surface area contributed by atoms with Crippen molar-refractivity contribution in [3.63, 3.8) is 0 Å². The Bertz CT molecular complexity index is 240. The van der Waals surface area contributed by atoms with Gasteiger partial charge < -0.3 is 10.2 Å². The highest BCUT2D eigenvalue weighted by Crippen LogP contribution is 2.13. The van der Waals surface area contributed by atoms with E-state index < -0.39 is 0 Å². The molecule has 0 aromatic rings. The van der Waals surface area contributed by atoms with Gasteiger partial charge in [-0.15, -0.1) is 0 Å². The van der Waals surface area contributed by atoms with Crippen LogP contribution in [-0.4, -0.2) is 35.3 Å². The first kappa shape index (κ1) is 11.0. The highest BCUT2D eigenvalue weighted by atomic mass is 16.2. The molecule has 1 aliphatic heterocycles. The highest BCUT2D eigenvalue weighted by Gasteiger charge is 2.33. The number of hydrogen-bond acceptors (Lipinski definition) is 2. The van der Waals surface area contributed by atoms with Crippen LogP contribution in [0.4, 0.5) is 0 Å². The molecule has 0 radical (unpaired) electrons. The third kappa shape index (κ3) is 2.05. The Morgan fingerprint density at radius 3 is 2.79 bits per heavy atom. The summed E-state index contributed by atoms with van der Waals surface area (Å²) >= 11 is 0. The first-order valence-corrected chi connectivity index (χ1v) is 5.16. The molecule has 0 bridgehead atoms. The van der Waals surface area contributed by atoms with Gasteiger partial charge in [-0.25, -0.2) is 0 Å². The average Bonchev–Trinajstić information content (AvgIpc) is 2.13. The number of piperazine rings is 1. The van der Waals surface area contributed by atoms with Crippen molar-refractivity contribution in [2.45, 2.75) is 45.7 Å². The molecular weight excluding hydrogens is 180 g/mol. The summed E-state index contributed by atoms with van der Waals surface area (Å²) in [5.74, 6) is -0.0226. The lowest BCUT2D eigenvalue weighted by molar-refractivity contribution is -0.147. The summed E-state index contributed by atoms with van der Waals surface area (Å²) in [6.45, 7) is 6.00. The lowest BCUT2D eigenvalue weighted by Gasteiger charge is -2.37. The Balaban J connectivity index is 2.71. The smallest absolute Gasteiger partial charge is 0.242 e. The quantitative estimate of drug-likeness (QED) is 0.718. The van der Waals surface area contributed by atoms with Crippen LogP contribution in [0.25, 0.3) is 0 Å². The summed E-state index contributed by atoms with van der Waals surface area (Å²) in [5, 5.41) is 2.58. The largest absolute Gasteiger partial charge is 0.345 e. The highest BCUT2D eigenvalue weighted by molar-refractivity contribution is 5.94. The zero-order chi connectivity index (χ0) is 10.7. The second-order valence-corrected chi connectivity index (χ2v) is 3.83. The molecule has 4 nitrogen and oxygen atoms in total. The number of nitrogens with one attached hydrogen (secondary N) is 1. The van der Waals surface area contributed by atoms with E-state index in [1.807, 2.05) is 6.92 Å². The van der Waals surface area contributed by atoms with Gasteiger partial charge in [0.15, 0.2) is 0 Å². The Kier molecular flexibility index (Phi) is 3.49. The lowest BCUT2D eigenvalue weighted by atomic mass is 10.1. The molecule has 0 spiro atoms. The summed E-state index contributed by atoms with van der Waals surface area (Å²) in [6, 6.07) is -0.161. The lowest BCUT2D eigenvalue weighted by Crippen LogP contribution is -2.59. The second kappa shape index (κ2) is 4.44. The maximum atomic E-state index is 11.6. The van der Waals surface area contributed by atoms with Crippen LogP contribution in [0.2, 0.25) is 0 Å². The molecule has 1 heterocycles. The molecule has 14 heavy (non-hydrogen) atoms. The van der Waals surface area contributed by atoms with Crippen LogP contribution >= 0.6 is 0 Å². The standard InChI is InChI=1S/C10H18N2O2/c1-4-5-7(2)12-8(3)10(14)11-6-9(12)13/h7-8H,4-6H2,1-3H3,(H,11,14). The molecule has 0 aromatic carbocycles. The predicted octanol–water partition coefficient (Wildman–Crippen LogP) is 0.522. The minimum absolute atomic E-state index is 0.0260. The average molecular weight is 198 g/mol. The van der Waals surface area contributed by atoms with Crippen molar-refractivity contribution in [2.75, 3.05) is 6.54 Å². The van der Waals surface area contributed by atoms with Crippen LogP contribution in [0.1, 0.15) is 33.6 Å². The minimum atomic E-state index is -0.321. The van der Waals surface area contributed by atoms with Crippen molar-refractivity contribution in [1.29, 1.82) is 0 Å². The third-order valence-corrected chi connectivity index (χ3v) is 2.68. The Morgan fingerprint density at radius 2 is 2.21 bits per heavy atom. The number of carbonyl (C=O) groups is 2. The van der Waals surface area contributed by atoms with Gasteiger partial charge in [-0.3, -0.25) is 9.59 Å². The normalized spacial score (nSPS) is 24.8. The fourth-order valence-electron chi connectivity index (χ4n) is 1.93. The van der Waals surface area contributed by atoms with Crippen LogP contribution in [-0.2, 0) is 9.59 Å².